The Hall–Kier alpha value is -0.580. The molecule has 1 saturated heterocycles. The number of halogens is 1. The van der Waals surface area contributed by atoms with E-state index < -0.39 is 0 Å². The smallest absolute Gasteiger partial charge is 0.0460 e. The lowest BCUT2D eigenvalue weighted by atomic mass is 9.96. The maximum atomic E-state index is 9.28. The predicted octanol–water partition coefficient (Wildman–Crippen LogP) is 3.55. The Balaban J connectivity index is 2.11. The van der Waals surface area contributed by atoms with Crippen LogP contribution < -0.4 is 10.2 Å². The molecule has 0 aliphatic carbocycles. The van der Waals surface area contributed by atoms with Gasteiger partial charge in [-0.2, -0.15) is 0 Å². The van der Waals surface area contributed by atoms with Crippen LogP contribution >= 0.6 is 15.9 Å². The van der Waals surface area contributed by atoms with Gasteiger partial charge in [0.15, 0.2) is 0 Å². The van der Waals surface area contributed by atoms with Crippen molar-refractivity contribution < 1.29 is 5.11 Å². The van der Waals surface area contributed by atoms with Gasteiger partial charge in [0.1, 0.15) is 0 Å². The number of nitrogens with one attached hydrogen (secondary N) is 1. The van der Waals surface area contributed by atoms with Gasteiger partial charge in [-0.05, 0) is 63.3 Å². The zero-order valence-corrected chi connectivity index (χ0v) is 14.9. The molecule has 1 aromatic carbocycles. The lowest BCUT2D eigenvalue weighted by Crippen LogP contribution is -2.37. The number of rotatable bonds is 4. The van der Waals surface area contributed by atoms with Gasteiger partial charge >= 0.3 is 0 Å². The first-order chi connectivity index (χ1) is 9.89. The molecule has 0 amide bonds. The Morgan fingerprint density at radius 2 is 1.95 bits per heavy atom. The van der Waals surface area contributed by atoms with E-state index in [1.165, 1.54) is 11.3 Å². The van der Waals surface area contributed by atoms with Crippen LogP contribution in [-0.2, 0) is 6.54 Å². The van der Waals surface area contributed by atoms with E-state index in [1.807, 2.05) is 0 Å². The minimum atomic E-state index is 0.115. The van der Waals surface area contributed by atoms with Gasteiger partial charge in [0.2, 0.25) is 0 Å². The van der Waals surface area contributed by atoms with Crippen LogP contribution in [0.5, 0.6) is 0 Å². The predicted molar refractivity (Wildman–Crippen MR) is 92.8 cm³/mol. The Morgan fingerprint density at radius 1 is 1.29 bits per heavy atom. The zero-order valence-electron chi connectivity index (χ0n) is 13.3. The summed E-state index contributed by atoms with van der Waals surface area (Å²) in [5.41, 5.74) is 2.77. The molecule has 118 valence electrons. The minimum absolute atomic E-state index is 0.115. The fourth-order valence-electron chi connectivity index (χ4n) is 2.72. The third-order valence-electron chi connectivity index (χ3n) is 4.06. The Bertz CT molecular complexity index is 462. The number of benzene rings is 1. The molecule has 0 unspecified atom stereocenters. The fraction of sp³-hybridized carbons (Fsp3) is 0.647. The van der Waals surface area contributed by atoms with Crippen molar-refractivity contribution in [3.8, 4) is 0 Å². The van der Waals surface area contributed by atoms with Gasteiger partial charge in [-0.15, -0.1) is 0 Å². The second kappa shape index (κ2) is 7.12. The van der Waals surface area contributed by atoms with Gasteiger partial charge in [0, 0.05) is 41.9 Å². The second-order valence-corrected chi connectivity index (χ2v) is 7.91. The fourth-order valence-corrected chi connectivity index (χ4v) is 3.13. The number of hydrogen-bond acceptors (Lipinski definition) is 3. The van der Waals surface area contributed by atoms with Gasteiger partial charge in [-0.1, -0.05) is 15.9 Å². The topological polar surface area (TPSA) is 35.5 Å². The monoisotopic (exact) mass is 354 g/mol. The average Bonchev–Trinajstić information content (AvgIpc) is 2.45. The number of nitrogens with zero attached hydrogens (tertiary/aromatic N) is 1. The molecule has 2 rings (SSSR count). The van der Waals surface area contributed by atoms with E-state index in [0.717, 1.165) is 36.9 Å². The zero-order chi connectivity index (χ0) is 15.5. The summed E-state index contributed by atoms with van der Waals surface area (Å²) in [5, 5.41) is 12.9. The molecule has 21 heavy (non-hydrogen) atoms. The molecule has 1 aromatic rings. The summed E-state index contributed by atoms with van der Waals surface area (Å²) in [6.45, 7) is 9.85. The van der Waals surface area contributed by atoms with E-state index in [2.05, 4.69) is 65.1 Å². The molecule has 0 saturated carbocycles. The quantitative estimate of drug-likeness (QED) is 0.867. The molecule has 0 spiro atoms. The molecule has 0 atom stereocenters. The van der Waals surface area contributed by atoms with Crippen molar-refractivity contribution in [1.82, 2.24) is 5.32 Å². The van der Waals surface area contributed by atoms with E-state index in [1.54, 1.807) is 0 Å². The summed E-state index contributed by atoms with van der Waals surface area (Å²) in [7, 11) is 0. The number of hydrogen-bond donors (Lipinski definition) is 2. The summed E-state index contributed by atoms with van der Waals surface area (Å²) >= 11 is 3.58. The van der Waals surface area contributed by atoms with Gasteiger partial charge in [-0.3, -0.25) is 0 Å². The van der Waals surface area contributed by atoms with Crippen molar-refractivity contribution in [1.29, 1.82) is 0 Å². The van der Waals surface area contributed by atoms with Crippen LogP contribution in [0.15, 0.2) is 22.7 Å². The molecule has 0 aromatic heterocycles. The number of anilines is 1. The van der Waals surface area contributed by atoms with Crippen LogP contribution in [0.3, 0.4) is 0 Å². The molecule has 1 aliphatic rings. The van der Waals surface area contributed by atoms with Crippen molar-refractivity contribution >= 4 is 21.6 Å². The van der Waals surface area contributed by atoms with Crippen LogP contribution in [0.1, 0.15) is 39.2 Å². The highest BCUT2D eigenvalue weighted by molar-refractivity contribution is 9.10. The van der Waals surface area contributed by atoms with Gasteiger partial charge in [-0.25, -0.2) is 0 Å². The summed E-state index contributed by atoms with van der Waals surface area (Å²) in [6, 6.07) is 6.54. The van der Waals surface area contributed by atoms with E-state index in [9.17, 15) is 5.11 Å². The maximum absolute atomic E-state index is 9.28. The van der Waals surface area contributed by atoms with Crippen LogP contribution in [0.25, 0.3) is 0 Å². The molecular formula is C17H27BrN2O. The highest BCUT2D eigenvalue weighted by Crippen LogP contribution is 2.29. The van der Waals surface area contributed by atoms with Crippen molar-refractivity contribution in [2.24, 2.45) is 5.92 Å². The van der Waals surface area contributed by atoms with Gasteiger partial charge < -0.3 is 15.3 Å². The van der Waals surface area contributed by atoms with Crippen molar-refractivity contribution in [3.63, 3.8) is 0 Å². The number of aliphatic hydroxyl groups is 1. The first kappa shape index (κ1) is 16.8. The largest absolute Gasteiger partial charge is 0.396 e. The lowest BCUT2D eigenvalue weighted by molar-refractivity contribution is 0.203. The van der Waals surface area contributed by atoms with Gasteiger partial charge in [0.25, 0.3) is 0 Å². The summed E-state index contributed by atoms with van der Waals surface area (Å²) in [6.07, 6.45) is 2.16. The SMILES string of the molecule is CC(C)(C)NCc1cc(Br)ccc1N1CCC(CO)CC1. The third kappa shape index (κ3) is 4.97. The Labute approximate surface area is 136 Å². The molecule has 3 nitrogen and oxygen atoms in total. The molecule has 0 radical (unpaired) electrons. The van der Waals surface area contributed by atoms with Crippen molar-refractivity contribution in [3.05, 3.63) is 28.2 Å². The van der Waals surface area contributed by atoms with Crippen molar-refractivity contribution in [2.45, 2.75) is 45.7 Å². The molecule has 2 N–H and O–H groups in total. The van der Waals surface area contributed by atoms with E-state index in [0.29, 0.717) is 12.5 Å². The Kier molecular flexibility index (Phi) is 5.69. The number of aliphatic hydroxyl groups excluding tert-OH is 1. The van der Waals surface area contributed by atoms with E-state index >= 15 is 0 Å². The highest BCUT2D eigenvalue weighted by atomic mass is 79.9. The van der Waals surface area contributed by atoms with E-state index in [-0.39, 0.29) is 5.54 Å². The molecule has 1 heterocycles. The lowest BCUT2D eigenvalue weighted by Gasteiger charge is -2.34. The van der Waals surface area contributed by atoms with Crippen LogP contribution in [0.2, 0.25) is 0 Å². The maximum Gasteiger partial charge on any atom is 0.0460 e. The molecule has 1 fully saturated rings. The standard InChI is InChI=1S/C17H27BrN2O/c1-17(2,3)19-11-14-10-15(18)4-5-16(14)20-8-6-13(12-21)7-9-20/h4-5,10,13,19,21H,6-9,11-12H2,1-3H3. The second-order valence-electron chi connectivity index (χ2n) is 6.99. The molecule has 0 bridgehead atoms. The summed E-state index contributed by atoms with van der Waals surface area (Å²) in [4.78, 5) is 2.46. The summed E-state index contributed by atoms with van der Waals surface area (Å²) < 4.78 is 1.13. The van der Waals surface area contributed by atoms with E-state index in [4.69, 9.17) is 0 Å². The summed E-state index contributed by atoms with van der Waals surface area (Å²) in [5.74, 6) is 0.479. The molecular weight excluding hydrogens is 328 g/mol. The molecule has 1 aliphatic heterocycles. The average molecular weight is 355 g/mol. The van der Waals surface area contributed by atoms with Crippen LogP contribution in [-0.4, -0.2) is 30.3 Å². The van der Waals surface area contributed by atoms with Crippen molar-refractivity contribution in [2.75, 3.05) is 24.6 Å². The highest BCUT2D eigenvalue weighted by Gasteiger charge is 2.21. The van der Waals surface area contributed by atoms with Crippen LogP contribution in [0.4, 0.5) is 5.69 Å². The number of piperidine rings is 1. The van der Waals surface area contributed by atoms with Crippen LogP contribution in [0, 0.1) is 5.92 Å². The normalized spacial score (nSPS) is 17.3. The first-order valence-corrected chi connectivity index (χ1v) is 8.57. The third-order valence-corrected chi connectivity index (χ3v) is 4.56. The molecule has 4 heteroatoms. The van der Waals surface area contributed by atoms with Gasteiger partial charge in [0.05, 0.1) is 0 Å². The first-order valence-electron chi connectivity index (χ1n) is 7.78. The minimum Gasteiger partial charge on any atom is -0.396 e. The Morgan fingerprint density at radius 3 is 2.52 bits per heavy atom.